The average molecular weight is 362 g/mol. The molecule has 0 spiro atoms. The summed E-state index contributed by atoms with van der Waals surface area (Å²) in [6.45, 7) is 2.06. The highest BCUT2D eigenvalue weighted by atomic mass is 79.9. The standard InChI is InChI=1S/C15H12BrN3OS/c1-9-14(10-5-3-4-6-11(10)16)19-15(21-9)12-7-13(20-2)18-8-17-12/h3-8H,1-2H3. The minimum Gasteiger partial charge on any atom is -0.481 e. The molecule has 0 N–H and O–H groups in total. The van der Waals surface area contributed by atoms with E-state index in [2.05, 4.69) is 38.9 Å². The Morgan fingerprint density at radius 2 is 2.00 bits per heavy atom. The Kier molecular flexibility index (Phi) is 3.98. The van der Waals surface area contributed by atoms with Gasteiger partial charge in [0.15, 0.2) is 0 Å². The molecule has 0 saturated heterocycles. The van der Waals surface area contributed by atoms with Gasteiger partial charge in [-0.25, -0.2) is 15.0 Å². The van der Waals surface area contributed by atoms with Gasteiger partial charge < -0.3 is 4.74 Å². The summed E-state index contributed by atoms with van der Waals surface area (Å²) in [7, 11) is 1.59. The van der Waals surface area contributed by atoms with E-state index >= 15 is 0 Å². The molecule has 2 aromatic heterocycles. The molecule has 0 bridgehead atoms. The van der Waals surface area contributed by atoms with Crippen LogP contribution < -0.4 is 4.74 Å². The van der Waals surface area contributed by atoms with Crippen molar-refractivity contribution in [1.29, 1.82) is 0 Å². The third-order valence-electron chi connectivity index (χ3n) is 3.00. The van der Waals surface area contributed by atoms with Crippen LogP contribution in [0.2, 0.25) is 0 Å². The molecule has 0 aliphatic heterocycles. The van der Waals surface area contributed by atoms with E-state index in [1.807, 2.05) is 18.2 Å². The Hall–Kier alpha value is -1.79. The first-order valence-corrected chi connectivity index (χ1v) is 7.88. The number of nitrogens with zero attached hydrogens (tertiary/aromatic N) is 3. The molecule has 3 rings (SSSR count). The van der Waals surface area contributed by atoms with E-state index in [0.717, 1.165) is 31.3 Å². The summed E-state index contributed by atoms with van der Waals surface area (Å²) in [5.74, 6) is 0.537. The van der Waals surface area contributed by atoms with Crippen LogP contribution >= 0.6 is 27.3 Å². The molecule has 0 fully saturated rings. The van der Waals surface area contributed by atoms with Crippen LogP contribution in [0.1, 0.15) is 4.88 Å². The summed E-state index contributed by atoms with van der Waals surface area (Å²) in [5, 5.41) is 0.860. The van der Waals surface area contributed by atoms with Gasteiger partial charge >= 0.3 is 0 Å². The van der Waals surface area contributed by atoms with E-state index in [4.69, 9.17) is 9.72 Å². The second-order valence-electron chi connectivity index (χ2n) is 4.35. The van der Waals surface area contributed by atoms with Crippen LogP contribution in [-0.4, -0.2) is 22.1 Å². The Morgan fingerprint density at radius 1 is 1.19 bits per heavy atom. The van der Waals surface area contributed by atoms with Gasteiger partial charge in [-0.2, -0.15) is 0 Å². The predicted molar refractivity (Wildman–Crippen MR) is 87.6 cm³/mol. The minimum atomic E-state index is 0.537. The zero-order valence-corrected chi connectivity index (χ0v) is 13.9. The summed E-state index contributed by atoms with van der Waals surface area (Å²) in [5.41, 5.74) is 2.83. The SMILES string of the molecule is COc1cc(-c2nc(-c3ccccc3Br)c(C)s2)ncn1. The van der Waals surface area contributed by atoms with Crippen LogP contribution in [-0.2, 0) is 0 Å². The van der Waals surface area contributed by atoms with Crippen molar-refractivity contribution in [3.63, 3.8) is 0 Å². The molecule has 2 heterocycles. The van der Waals surface area contributed by atoms with Gasteiger partial charge in [0.05, 0.1) is 12.8 Å². The number of methoxy groups -OCH3 is 1. The summed E-state index contributed by atoms with van der Waals surface area (Å²) < 4.78 is 6.17. The number of aromatic nitrogens is 3. The van der Waals surface area contributed by atoms with E-state index in [9.17, 15) is 0 Å². The maximum atomic E-state index is 5.14. The van der Waals surface area contributed by atoms with Crippen LogP contribution in [0.25, 0.3) is 22.0 Å². The Balaban J connectivity index is 2.07. The highest BCUT2D eigenvalue weighted by Gasteiger charge is 2.14. The predicted octanol–water partition coefficient (Wildman–Crippen LogP) is 4.35. The van der Waals surface area contributed by atoms with Crippen molar-refractivity contribution in [2.75, 3.05) is 7.11 Å². The molecule has 0 radical (unpaired) electrons. The topological polar surface area (TPSA) is 47.9 Å². The Morgan fingerprint density at radius 3 is 2.76 bits per heavy atom. The third-order valence-corrected chi connectivity index (χ3v) is 4.68. The van der Waals surface area contributed by atoms with Crippen LogP contribution in [0.15, 0.2) is 41.1 Å². The van der Waals surface area contributed by atoms with E-state index in [1.54, 1.807) is 24.5 Å². The van der Waals surface area contributed by atoms with Crippen molar-refractivity contribution in [2.45, 2.75) is 6.92 Å². The fourth-order valence-electron chi connectivity index (χ4n) is 1.98. The zero-order chi connectivity index (χ0) is 14.8. The normalized spacial score (nSPS) is 10.6. The van der Waals surface area contributed by atoms with E-state index in [0.29, 0.717) is 5.88 Å². The third kappa shape index (κ3) is 2.82. The molecular weight excluding hydrogens is 350 g/mol. The van der Waals surface area contributed by atoms with Crippen molar-refractivity contribution in [2.24, 2.45) is 0 Å². The number of rotatable bonds is 3. The van der Waals surface area contributed by atoms with Crippen molar-refractivity contribution in [3.8, 4) is 27.8 Å². The fourth-order valence-corrected chi connectivity index (χ4v) is 3.35. The summed E-state index contributed by atoms with van der Waals surface area (Å²) >= 11 is 5.19. The number of benzene rings is 1. The zero-order valence-electron chi connectivity index (χ0n) is 11.5. The number of hydrogen-bond donors (Lipinski definition) is 0. The molecular formula is C15H12BrN3OS. The lowest BCUT2D eigenvalue weighted by Gasteiger charge is -2.01. The Bertz CT molecular complexity index is 788. The van der Waals surface area contributed by atoms with Gasteiger partial charge in [-0.3, -0.25) is 0 Å². The van der Waals surface area contributed by atoms with Crippen molar-refractivity contribution in [1.82, 2.24) is 15.0 Å². The van der Waals surface area contributed by atoms with Gasteiger partial charge in [-0.1, -0.05) is 34.1 Å². The summed E-state index contributed by atoms with van der Waals surface area (Å²) in [4.78, 5) is 14.2. The maximum Gasteiger partial charge on any atom is 0.216 e. The highest BCUT2D eigenvalue weighted by molar-refractivity contribution is 9.10. The summed E-state index contributed by atoms with van der Waals surface area (Å²) in [6.07, 6.45) is 1.49. The number of aryl methyl sites for hydroxylation is 1. The lowest BCUT2D eigenvalue weighted by atomic mass is 10.1. The number of halogens is 1. The van der Waals surface area contributed by atoms with E-state index in [1.165, 1.54) is 6.33 Å². The van der Waals surface area contributed by atoms with Crippen molar-refractivity contribution in [3.05, 3.63) is 46.0 Å². The van der Waals surface area contributed by atoms with Crippen LogP contribution in [0, 0.1) is 6.92 Å². The van der Waals surface area contributed by atoms with Gasteiger partial charge in [-0.05, 0) is 13.0 Å². The van der Waals surface area contributed by atoms with Gasteiger partial charge in [-0.15, -0.1) is 11.3 Å². The number of ether oxygens (including phenoxy) is 1. The first-order valence-electron chi connectivity index (χ1n) is 6.28. The van der Waals surface area contributed by atoms with Crippen molar-refractivity contribution < 1.29 is 4.74 Å². The van der Waals surface area contributed by atoms with E-state index < -0.39 is 0 Å². The molecule has 0 unspecified atom stereocenters. The number of hydrogen-bond acceptors (Lipinski definition) is 5. The highest BCUT2D eigenvalue weighted by Crippen LogP contribution is 2.36. The average Bonchev–Trinajstić information content (AvgIpc) is 2.90. The Labute approximate surface area is 135 Å². The maximum absolute atomic E-state index is 5.14. The van der Waals surface area contributed by atoms with Gasteiger partial charge in [0.2, 0.25) is 5.88 Å². The van der Waals surface area contributed by atoms with Gasteiger partial charge in [0.25, 0.3) is 0 Å². The quantitative estimate of drug-likeness (QED) is 0.695. The second-order valence-corrected chi connectivity index (χ2v) is 6.41. The van der Waals surface area contributed by atoms with Crippen LogP contribution in [0.4, 0.5) is 0 Å². The van der Waals surface area contributed by atoms with Crippen LogP contribution in [0.5, 0.6) is 5.88 Å². The fraction of sp³-hybridized carbons (Fsp3) is 0.133. The largest absolute Gasteiger partial charge is 0.481 e. The minimum absolute atomic E-state index is 0.537. The second kappa shape index (κ2) is 5.91. The monoisotopic (exact) mass is 361 g/mol. The van der Waals surface area contributed by atoms with Crippen LogP contribution in [0.3, 0.4) is 0 Å². The first-order chi connectivity index (χ1) is 10.2. The molecule has 0 amide bonds. The van der Waals surface area contributed by atoms with Gasteiger partial charge in [0, 0.05) is 21.0 Å². The molecule has 0 aliphatic rings. The molecule has 106 valence electrons. The molecule has 0 atom stereocenters. The molecule has 1 aromatic carbocycles. The lowest BCUT2D eigenvalue weighted by molar-refractivity contribution is 0.397. The summed E-state index contributed by atoms with van der Waals surface area (Å²) in [6, 6.07) is 9.86. The van der Waals surface area contributed by atoms with E-state index in [-0.39, 0.29) is 0 Å². The molecule has 0 saturated carbocycles. The smallest absolute Gasteiger partial charge is 0.216 e. The molecule has 21 heavy (non-hydrogen) atoms. The lowest BCUT2D eigenvalue weighted by Crippen LogP contribution is -1.90. The molecule has 3 aromatic rings. The van der Waals surface area contributed by atoms with Crippen molar-refractivity contribution >= 4 is 27.3 Å². The van der Waals surface area contributed by atoms with Gasteiger partial charge in [0.1, 0.15) is 17.0 Å². The molecule has 4 nitrogen and oxygen atoms in total. The first kappa shape index (κ1) is 14.2. The molecule has 6 heteroatoms. The molecule has 0 aliphatic carbocycles. The number of thiazole rings is 1.